The van der Waals surface area contributed by atoms with Gasteiger partial charge in [-0.2, -0.15) is 5.10 Å². The second kappa shape index (κ2) is 8.85. The molecule has 3 aromatic rings. The lowest BCUT2D eigenvalue weighted by Crippen LogP contribution is -2.34. The number of nitrogens with zero attached hydrogens (tertiary/aromatic N) is 3. The van der Waals surface area contributed by atoms with Crippen LogP contribution in [-0.4, -0.2) is 34.2 Å². The maximum Gasteiger partial charge on any atom is 0.234 e. The number of likely N-dealkylation sites (N-methyl/N-ethyl adjacent to an activating group) is 1. The number of aryl methyl sites for hydroxylation is 2. The number of hydrogen-bond acceptors (Lipinski definition) is 3. The summed E-state index contributed by atoms with van der Waals surface area (Å²) in [7, 11) is 1.96. The maximum atomic E-state index is 12.3. The van der Waals surface area contributed by atoms with E-state index in [0.29, 0.717) is 19.6 Å². The van der Waals surface area contributed by atoms with Gasteiger partial charge in [0.2, 0.25) is 5.91 Å². The molecule has 5 nitrogen and oxygen atoms in total. The number of para-hydroxylation sites is 1. The van der Waals surface area contributed by atoms with Crippen LogP contribution in [0, 0.1) is 20.8 Å². The van der Waals surface area contributed by atoms with Crippen molar-refractivity contribution in [1.82, 2.24) is 20.0 Å². The Labute approximate surface area is 167 Å². The Bertz CT molecular complexity index is 929. The number of carbonyl (C=O) groups is 1. The number of rotatable bonds is 7. The van der Waals surface area contributed by atoms with Gasteiger partial charge in [-0.1, -0.05) is 48.0 Å². The van der Waals surface area contributed by atoms with Gasteiger partial charge in [-0.25, -0.2) is 4.68 Å². The number of benzene rings is 2. The highest BCUT2D eigenvalue weighted by Gasteiger charge is 2.15. The molecule has 0 aliphatic carbocycles. The average molecular weight is 377 g/mol. The zero-order valence-electron chi connectivity index (χ0n) is 17.1. The van der Waals surface area contributed by atoms with Gasteiger partial charge in [0.1, 0.15) is 0 Å². The first-order valence-electron chi connectivity index (χ1n) is 9.55. The zero-order chi connectivity index (χ0) is 20.1. The van der Waals surface area contributed by atoms with Gasteiger partial charge in [0.05, 0.1) is 17.9 Å². The minimum Gasteiger partial charge on any atom is -0.351 e. The van der Waals surface area contributed by atoms with E-state index < -0.39 is 0 Å². The predicted octanol–water partition coefficient (Wildman–Crippen LogP) is 3.55. The highest BCUT2D eigenvalue weighted by Crippen LogP contribution is 2.19. The van der Waals surface area contributed by atoms with Crippen molar-refractivity contribution in [2.45, 2.75) is 33.9 Å². The summed E-state index contributed by atoms with van der Waals surface area (Å²) in [5, 5.41) is 7.68. The summed E-state index contributed by atoms with van der Waals surface area (Å²) in [6.07, 6.45) is 0. The van der Waals surface area contributed by atoms with E-state index in [1.54, 1.807) is 0 Å². The first-order chi connectivity index (χ1) is 13.4. The van der Waals surface area contributed by atoms with E-state index in [1.165, 1.54) is 5.56 Å². The molecule has 5 heteroatoms. The van der Waals surface area contributed by atoms with Crippen molar-refractivity contribution in [2.24, 2.45) is 0 Å². The summed E-state index contributed by atoms with van der Waals surface area (Å²) in [4.78, 5) is 14.3. The molecule has 1 amide bonds. The topological polar surface area (TPSA) is 50.2 Å². The monoisotopic (exact) mass is 376 g/mol. The van der Waals surface area contributed by atoms with Gasteiger partial charge in [-0.3, -0.25) is 9.69 Å². The van der Waals surface area contributed by atoms with Gasteiger partial charge < -0.3 is 5.32 Å². The number of aromatic nitrogens is 2. The summed E-state index contributed by atoms with van der Waals surface area (Å²) < 4.78 is 1.97. The van der Waals surface area contributed by atoms with E-state index in [0.717, 1.165) is 28.2 Å². The summed E-state index contributed by atoms with van der Waals surface area (Å²) >= 11 is 0. The van der Waals surface area contributed by atoms with E-state index in [2.05, 4.69) is 36.4 Å². The van der Waals surface area contributed by atoms with E-state index in [4.69, 9.17) is 0 Å². The number of amides is 1. The fourth-order valence-corrected chi connectivity index (χ4v) is 3.26. The molecule has 0 radical (unpaired) electrons. The van der Waals surface area contributed by atoms with Gasteiger partial charge in [0.15, 0.2) is 0 Å². The molecule has 2 aromatic carbocycles. The first kappa shape index (κ1) is 19.8. The van der Waals surface area contributed by atoms with Gasteiger partial charge >= 0.3 is 0 Å². The van der Waals surface area contributed by atoms with E-state index in [9.17, 15) is 4.79 Å². The largest absolute Gasteiger partial charge is 0.351 e. The van der Waals surface area contributed by atoms with Crippen LogP contribution in [0.5, 0.6) is 0 Å². The van der Waals surface area contributed by atoms with Gasteiger partial charge in [-0.05, 0) is 45.5 Å². The van der Waals surface area contributed by atoms with Gasteiger partial charge in [0, 0.05) is 24.3 Å². The molecule has 0 bridgehead atoms. The second-order valence-corrected chi connectivity index (χ2v) is 7.33. The smallest absolute Gasteiger partial charge is 0.234 e. The molecule has 1 aromatic heterocycles. The molecule has 0 saturated carbocycles. The molecule has 0 spiro atoms. The van der Waals surface area contributed by atoms with Crippen molar-refractivity contribution in [1.29, 1.82) is 0 Å². The lowest BCUT2D eigenvalue weighted by molar-refractivity contribution is -0.122. The van der Waals surface area contributed by atoms with E-state index in [1.807, 2.05) is 66.0 Å². The molecule has 28 heavy (non-hydrogen) atoms. The first-order valence-corrected chi connectivity index (χ1v) is 9.55. The van der Waals surface area contributed by atoms with Crippen molar-refractivity contribution in [3.63, 3.8) is 0 Å². The van der Waals surface area contributed by atoms with Crippen LogP contribution in [0.3, 0.4) is 0 Å². The molecule has 1 N–H and O–H groups in total. The van der Waals surface area contributed by atoms with E-state index in [-0.39, 0.29) is 5.91 Å². The third kappa shape index (κ3) is 4.87. The highest BCUT2D eigenvalue weighted by molar-refractivity contribution is 5.78. The zero-order valence-corrected chi connectivity index (χ0v) is 17.1. The van der Waals surface area contributed by atoms with Crippen LogP contribution in [0.25, 0.3) is 5.69 Å². The fraction of sp³-hybridized carbons (Fsp3) is 0.304. The van der Waals surface area contributed by atoms with Crippen LogP contribution in [0.4, 0.5) is 0 Å². The lowest BCUT2D eigenvalue weighted by atomic mass is 10.1. The molecular weight excluding hydrogens is 348 g/mol. The fourth-order valence-electron chi connectivity index (χ4n) is 3.26. The van der Waals surface area contributed by atoms with E-state index >= 15 is 0 Å². The molecule has 0 fully saturated rings. The van der Waals surface area contributed by atoms with Crippen LogP contribution in [-0.2, 0) is 17.9 Å². The van der Waals surface area contributed by atoms with Gasteiger partial charge in [0.25, 0.3) is 0 Å². The van der Waals surface area contributed by atoms with Crippen LogP contribution in [0.15, 0.2) is 54.6 Å². The third-order valence-corrected chi connectivity index (χ3v) is 4.89. The van der Waals surface area contributed by atoms with Crippen LogP contribution >= 0.6 is 0 Å². The number of hydrogen-bond donors (Lipinski definition) is 1. The van der Waals surface area contributed by atoms with Crippen molar-refractivity contribution in [3.8, 4) is 5.69 Å². The highest BCUT2D eigenvalue weighted by atomic mass is 16.2. The van der Waals surface area contributed by atoms with Crippen LogP contribution in [0.1, 0.15) is 28.1 Å². The Morgan fingerprint density at radius 1 is 1.04 bits per heavy atom. The summed E-state index contributed by atoms with van der Waals surface area (Å²) in [6.45, 7) is 7.74. The molecule has 0 aliphatic rings. The summed E-state index contributed by atoms with van der Waals surface area (Å²) in [6, 6.07) is 18.3. The third-order valence-electron chi connectivity index (χ3n) is 4.89. The molecule has 0 saturated heterocycles. The van der Waals surface area contributed by atoms with Crippen molar-refractivity contribution < 1.29 is 4.79 Å². The molecule has 3 rings (SSSR count). The van der Waals surface area contributed by atoms with Crippen LogP contribution < -0.4 is 5.32 Å². The van der Waals surface area contributed by atoms with Crippen molar-refractivity contribution in [2.75, 3.05) is 13.6 Å². The molecule has 1 heterocycles. The second-order valence-electron chi connectivity index (χ2n) is 7.33. The maximum absolute atomic E-state index is 12.3. The minimum atomic E-state index is 0.0221. The Hall–Kier alpha value is -2.92. The molecular formula is C23H28N4O. The molecule has 0 atom stereocenters. The Morgan fingerprint density at radius 3 is 2.39 bits per heavy atom. The molecule has 146 valence electrons. The Balaban J connectivity index is 1.58. The summed E-state index contributed by atoms with van der Waals surface area (Å²) in [5.41, 5.74) is 6.64. The normalized spacial score (nSPS) is 11.0. The predicted molar refractivity (Wildman–Crippen MR) is 112 cm³/mol. The summed E-state index contributed by atoms with van der Waals surface area (Å²) in [5.74, 6) is 0.0221. The Kier molecular flexibility index (Phi) is 6.26. The SMILES string of the molecule is Cc1ccc(CNC(=O)CN(C)Cc2c(C)nn(-c3ccccc3)c2C)cc1. The average Bonchev–Trinajstić information content (AvgIpc) is 2.96. The molecule has 0 aliphatic heterocycles. The Morgan fingerprint density at radius 2 is 1.71 bits per heavy atom. The van der Waals surface area contributed by atoms with Crippen molar-refractivity contribution in [3.05, 3.63) is 82.7 Å². The standard InChI is InChI=1S/C23H28N4O/c1-17-10-12-20(13-11-17)14-24-23(28)16-26(4)15-22-18(2)25-27(19(22)3)21-8-6-5-7-9-21/h5-13H,14-16H2,1-4H3,(H,24,28). The van der Waals surface area contributed by atoms with Gasteiger partial charge in [-0.15, -0.1) is 0 Å². The lowest BCUT2D eigenvalue weighted by Gasteiger charge is -2.17. The minimum absolute atomic E-state index is 0.0221. The number of nitrogens with one attached hydrogen (secondary N) is 1. The number of carbonyl (C=O) groups excluding carboxylic acids is 1. The van der Waals surface area contributed by atoms with Crippen molar-refractivity contribution >= 4 is 5.91 Å². The quantitative estimate of drug-likeness (QED) is 0.686. The van der Waals surface area contributed by atoms with Crippen LogP contribution in [0.2, 0.25) is 0 Å². The molecule has 0 unspecified atom stereocenters.